The van der Waals surface area contributed by atoms with Crippen LogP contribution in [-0.2, 0) is 15.7 Å². The minimum Gasteiger partial charge on any atom is -0.447 e. The Morgan fingerprint density at radius 3 is 2.57 bits per heavy atom. The van der Waals surface area contributed by atoms with Crippen LogP contribution in [0.3, 0.4) is 0 Å². The predicted octanol–water partition coefficient (Wildman–Crippen LogP) is 3.40. The largest absolute Gasteiger partial charge is 0.447 e. The van der Waals surface area contributed by atoms with E-state index in [0.29, 0.717) is 0 Å². The van der Waals surface area contributed by atoms with Gasteiger partial charge in [-0.15, -0.1) is 0 Å². The number of carbonyl (C=O) groups is 2. The molecule has 124 valence electrons. The van der Waals surface area contributed by atoms with Crippen molar-refractivity contribution < 1.29 is 27.5 Å². The van der Waals surface area contributed by atoms with Crippen LogP contribution in [0.4, 0.5) is 29.3 Å². The van der Waals surface area contributed by atoms with E-state index in [4.69, 9.17) is 0 Å². The van der Waals surface area contributed by atoms with Gasteiger partial charge in [0.15, 0.2) is 0 Å². The number of hydrogen-bond acceptors (Lipinski definition) is 3. The number of carbonyl (C=O) groups excluding carboxylic acids is 2. The Morgan fingerprint density at radius 1 is 1.35 bits per heavy atom. The molecule has 1 heterocycles. The maximum Gasteiger partial charge on any atom is 0.418 e. The molecule has 1 aliphatic heterocycles. The quantitative estimate of drug-likeness (QED) is 0.925. The number of nitrogens with zero attached hydrogens (tertiary/aromatic N) is 1. The standard InChI is InChI=1S/C15H15F3N2O3/c1-14(4-5-14)12(21)19-9-2-3-11(10(8-9)15(16,17)18)20-6-7-23-13(20)22/h2-3,8H,4-7H2,1H3,(H,19,21). The van der Waals surface area contributed by atoms with Gasteiger partial charge >= 0.3 is 12.3 Å². The predicted molar refractivity (Wildman–Crippen MR) is 76.1 cm³/mol. The lowest BCUT2D eigenvalue weighted by molar-refractivity contribution is -0.137. The van der Waals surface area contributed by atoms with E-state index in [0.717, 1.165) is 23.8 Å². The number of cyclic esters (lactones) is 1. The van der Waals surface area contributed by atoms with Crippen LogP contribution in [0, 0.1) is 5.41 Å². The zero-order valence-electron chi connectivity index (χ0n) is 12.4. The summed E-state index contributed by atoms with van der Waals surface area (Å²) in [7, 11) is 0. The average molecular weight is 328 g/mol. The Kier molecular flexibility index (Phi) is 3.50. The van der Waals surface area contributed by atoms with Crippen molar-refractivity contribution in [3.63, 3.8) is 0 Å². The van der Waals surface area contributed by atoms with Gasteiger partial charge in [0, 0.05) is 11.1 Å². The first-order valence-corrected chi connectivity index (χ1v) is 7.18. The number of rotatable bonds is 3. The highest BCUT2D eigenvalue weighted by Gasteiger charge is 2.45. The molecule has 2 aliphatic rings. The van der Waals surface area contributed by atoms with Gasteiger partial charge < -0.3 is 10.1 Å². The molecule has 23 heavy (non-hydrogen) atoms. The van der Waals surface area contributed by atoms with Crippen molar-refractivity contribution in [3.8, 4) is 0 Å². The Morgan fingerprint density at radius 2 is 2.04 bits per heavy atom. The van der Waals surface area contributed by atoms with E-state index < -0.39 is 23.2 Å². The number of alkyl halides is 3. The molecule has 0 radical (unpaired) electrons. The van der Waals surface area contributed by atoms with E-state index >= 15 is 0 Å². The van der Waals surface area contributed by atoms with E-state index in [1.165, 1.54) is 12.1 Å². The van der Waals surface area contributed by atoms with Crippen LogP contribution in [0.2, 0.25) is 0 Å². The second-order valence-electron chi connectivity index (χ2n) is 6.01. The second-order valence-corrected chi connectivity index (χ2v) is 6.01. The first-order valence-electron chi connectivity index (χ1n) is 7.18. The van der Waals surface area contributed by atoms with Crippen LogP contribution in [0.25, 0.3) is 0 Å². The van der Waals surface area contributed by atoms with Gasteiger partial charge in [-0.3, -0.25) is 9.69 Å². The summed E-state index contributed by atoms with van der Waals surface area (Å²) in [6.45, 7) is 1.88. The molecule has 3 rings (SSSR count). The van der Waals surface area contributed by atoms with Crippen LogP contribution < -0.4 is 10.2 Å². The van der Waals surface area contributed by atoms with Crippen molar-refractivity contribution in [2.45, 2.75) is 25.9 Å². The lowest BCUT2D eigenvalue weighted by Gasteiger charge is -2.20. The summed E-state index contributed by atoms with van der Waals surface area (Å²) >= 11 is 0. The van der Waals surface area contributed by atoms with Gasteiger partial charge in [0.2, 0.25) is 5.91 Å². The highest BCUT2D eigenvalue weighted by atomic mass is 19.4. The van der Waals surface area contributed by atoms with Crippen molar-refractivity contribution in [2.24, 2.45) is 5.41 Å². The zero-order chi connectivity index (χ0) is 16.8. The van der Waals surface area contributed by atoms with Crippen molar-refractivity contribution >= 4 is 23.4 Å². The Balaban J connectivity index is 1.92. The molecule has 0 atom stereocenters. The molecule has 1 aliphatic carbocycles. The lowest BCUT2D eigenvalue weighted by atomic mass is 10.1. The summed E-state index contributed by atoms with van der Waals surface area (Å²) in [5.74, 6) is -0.293. The van der Waals surface area contributed by atoms with E-state index in [-0.39, 0.29) is 30.4 Å². The minimum atomic E-state index is -4.65. The molecule has 0 aromatic heterocycles. The Labute approximate surface area is 130 Å². The number of ether oxygens (including phenoxy) is 1. The third-order valence-electron chi connectivity index (χ3n) is 4.16. The number of halogens is 3. The van der Waals surface area contributed by atoms with Crippen LogP contribution >= 0.6 is 0 Å². The molecule has 1 saturated carbocycles. The van der Waals surface area contributed by atoms with Crippen LogP contribution in [-0.4, -0.2) is 25.2 Å². The molecule has 5 nitrogen and oxygen atoms in total. The van der Waals surface area contributed by atoms with Crippen molar-refractivity contribution in [2.75, 3.05) is 23.4 Å². The number of anilines is 2. The summed E-state index contributed by atoms with van der Waals surface area (Å²) in [4.78, 5) is 24.4. The summed E-state index contributed by atoms with van der Waals surface area (Å²) in [6.07, 6.45) is -4.01. The van der Waals surface area contributed by atoms with Crippen LogP contribution in [0.5, 0.6) is 0 Å². The molecule has 2 amide bonds. The fourth-order valence-electron chi connectivity index (χ4n) is 2.39. The monoisotopic (exact) mass is 328 g/mol. The summed E-state index contributed by atoms with van der Waals surface area (Å²) in [6, 6.07) is 3.39. The SMILES string of the molecule is CC1(C(=O)Nc2ccc(N3CCOC3=O)c(C(F)(F)F)c2)CC1. The number of benzene rings is 1. The highest BCUT2D eigenvalue weighted by Crippen LogP contribution is 2.46. The van der Waals surface area contributed by atoms with Gasteiger partial charge in [-0.05, 0) is 31.0 Å². The van der Waals surface area contributed by atoms with Crippen LogP contribution in [0.1, 0.15) is 25.3 Å². The maximum absolute atomic E-state index is 13.3. The van der Waals surface area contributed by atoms with Crippen molar-refractivity contribution in [3.05, 3.63) is 23.8 Å². The minimum absolute atomic E-state index is 0.0486. The van der Waals surface area contributed by atoms with Crippen molar-refractivity contribution in [1.29, 1.82) is 0 Å². The summed E-state index contributed by atoms with van der Waals surface area (Å²) in [5.41, 5.74) is -1.67. The molecule has 0 spiro atoms. The number of hydrogen-bond donors (Lipinski definition) is 1. The lowest BCUT2D eigenvalue weighted by Crippen LogP contribution is -2.27. The maximum atomic E-state index is 13.3. The smallest absolute Gasteiger partial charge is 0.418 e. The molecular formula is C15H15F3N2O3. The van der Waals surface area contributed by atoms with Crippen LogP contribution in [0.15, 0.2) is 18.2 Å². The summed E-state index contributed by atoms with van der Waals surface area (Å²) < 4.78 is 44.6. The van der Waals surface area contributed by atoms with Gasteiger partial charge in [-0.25, -0.2) is 4.79 Å². The molecule has 1 N–H and O–H groups in total. The van der Waals surface area contributed by atoms with E-state index in [1.807, 2.05) is 0 Å². The van der Waals surface area contributed by atoms with Gasteiger partial charge in [-0.1, -0.05) is 6.92 Å². The average Bonchev–Trinajstić information content (AvgIpc) is 3.08. The third-order valence-corrected chi connectivity index (χ3v) is 4.16. The fraction of sp³-hybridized carbons (Fsp3) is 0.467. The van der Waals surface area contributed by atoms with Gasteiger partial charge in [0.25, 0.3) is 0 Å². The van der Waals surface area contributed by atoms with Crippen molar-refractivity contribution in [1.82, 2.24) is 0 Å². The molecule has 1 aromatic carbocycles. The second kappa shape index (κ2) is 5.14. The summed E-state index contributed by atoms with van der Waals surface area (Å²) in [5, 5.41) is 2.51. The van der Waals surface area contributed by atoms with E-state index in [1.54, 1.807) is 6.92 Å². The van der Waals surface area contributed by atoms with E-state index in [2.05, 4.69) is 10.1 Å². The Bertz CT molecular complexity index is 668. The molecule has 0 bridgehead atoms. The number of amides is 2. The molecule has 0 unspecified atom stereocenters. The fourth-order valence-corrected chi connectivity index (χ4v) is 2.39. The molecule has 1 saturated heterocycles. The normalized spacial score (nSPS) is 19.5. The number of nitrogens with one attached hydrogen (secondary N) is 1. The topological polar surface area (TPSA) is 58.6 Å². The molecule has 8 heteroatoms. The van der Waals surface area contributed by atoms with E-state index in [9.17, 15) is 22.8 Å². The molecule has 1 aromatic rings. The molecule has 2 fully saturated rings. The first kappa shape index (κ1) is 15.6. The third kappa shape index (κ3) is 2.97. The van der Waals surface area contributed by atoms with Gasteiger partial charge in [0.05, 0.1) is 17.8 Å². The van der Waals surface area contributed by atoms with Gasteiger partial charge in [-0.2, -0.15) is 13.2 Å². The first-order chi connectivity index (χ1) is 10.7. The molecular weight excluding hydrogens is 313 g/mol. The highest BCUT2D eigenvalue weighted by molar-refractivity contribution is 5.97. The Hall–Kier alpha value is -2.25. The zero-order valence-corrected chi connectivity index (χ0v) is 12.4. The van der Waals surface area contributed by atoms with Gasteiger partial charge in [0.1, 0.15) is 6.61 Å².